The van der Waals surface area contributed by atoms with Crippen molar-refractivity contribution in [1.82, 2.24) is 9.80 Å². The van der Waals surface area contributed by atoms with Gasteiger partial charge in [-0.2, -0.15) is 13.2 Å². The van der Waals surface area contributed by atoms with E-state index in [4.69, 9.17) is 5.73 Å². The maximum absolute atomic E-state index is 12.5. The fraction of sp³-hybridized carbons (Fsp3) is 0.923. The van der Waals surface area contributed by atoms with Crippen molar-refractivity contribution in [2.45, 2.75) is 32.4 Å². The number of rotatable bonds is 6. The Bertz CT molecular complexity index is 308. The van der Waals surface area contributed by atoms with Crippen molar-refractivity contribution in [1.29, 1.82) is 0 Å². The highest BCUT2D eigenvalue weighted by molar-refractivity contribution is 5.79. The summed E-state index contributed by atoms with van der Waals surface area (Å²) >= 11 is 0. The molecule has 118 valence electrons. The number of nitrogens with zero attached hydrogens (tertiary/aromatic N) is 2. The average molecular weight is 295 g/mol. The van der Waals surface area contributed by atoms with Crippen LogP contribution in [-0.4, -0.2) is 61.2 Å². The zero-order valence-electron chi connectivity index (χ0n) is 12.0. The van der Waals surface area contributed by atoms with Crippen LogP contribution in [0.5, 0.6) is 0 Å². The molecule has 1 aliphatic heterocycles. The smallest absolute Gasteiger partial charge is 0.333 e. The van der Waals surface area contributed by atoms with E-state index in [0.717, 1.165) is 17.9 Å². The highest BCUT2D eigenvalue weighted by atomic mass is 19.4. The number of carbonyl (C=O) groups is 1. The van der Waals surface area contributed by atoms with Crippen LogP contribution in [0.15, 0.2) is 0 Å². The summed E-state index contributed by atoms with van der Waals surface area (Å²) in [6, 6.07) is 0. The van der Waals surface area contributed by atoms with E-state index in [9.17, 15) is 18.0 Å². The molecule has 1 saturated heterocycles. The van der Waals surface area contributed by atoms with Crippen LogP contribution in [0, 0.1) is 5.92 Å². The Kier molecular flexibility index (Phi) is 6.75. The number of amides is 1. The standard InChI is InChI=1S/C13H24F3N3O/c1-2-6-19(10-13(14,15)16)12(20)11-4-3-7-18(9-11)8-5-17/h11H,2-10,17H2,1H3. The van der Waals surface area contributed by atoms with Crippen molar-refractivity contribution in [2.75, 3.05) is 39.3 Å². The monoisotopic (exact) mass is 295 g/mol. The third-order valence-electron chi connectivity index (χ3n) is 3.48. The molecule has 1 unspecified atom stereocenters. The van der Waals surface area contributed by atoms with Gasteiger partial charge in [0.15, 0.2) is 0 Å². The van der Waals surface area contributed by atoms with Crippen LogP contribution >= 0.6 is 0 Å². The van der Waals surface area contributed by atoms with Gasteiger partial charge in [-0.25, -0.2) is 0 Å². The summed E-state index contributed by atoms with van der Waals surface area (Å²) in [6.07, 6.45) is -2.31. The van der Waals surface area contributed by atoms with Crippen LogP contribution in [0.25, 0.3) is 0 Å². The van der Waals surface area contributed by atoms with Gasteiger partial charge < -0.3 is 15.5 Å². The van der Waals surface area contributed by atoms with Crippen molar-refractivity contribution >= 4 is 5.91 Å². The highest BCUT2D eigenvalue weighted by Crippen LogP contribution is 2.22. The van der Waals surface area contributed by atoms with Crippen molar-refractivity contribution in [3.05, 3.63) is 0 Å². The number of nitrogens with two attached hydrogens (primary N) is 1. The van der Waals surface area contributed by atoms with Crippen molar-refractivity contribution in [3.63, 3.8) is 0 Å². The largest absolute Gasteiger partial charge is 0.406 e. The molecular formula is C13H24F3N3O. The summed E-state index contributed by atoms with van der Waals surface area (Å²) in [4.78, 5) is 15.3. The number of piperidine rings is 1. The van der Waals surface area contributed by atoms with Gasteiger partial charge in [0.25, 0.3) is 0 Å². The molecular weight excluding hydrogens is 271 g/mol. The maximum atomic E-state index is 12.5. The van der Waals surface area contributed by atoms with Crippen molar-refractivity contribution in [2.24, 2.45) is 11.7 Å². The van der Waals surface area contributed by atoms with Gasteiger partial charge in [0.2, 0.25) is 5.91 Å². The summed E-state index contributed by atoms with van der Waals surface area (Å²) in [6.45, 7) is 3.37. The Morgan fingerprint density at radius 3 is 2.70 bits per heavy atom. The lowest BCUT2D eigenvalue weighted by molar-refractivity contribution is -0.164. The Morgan fingerprint density at radius 1 is 1.45 bits per heavy atom. The molecule has 4 nitrogen and oxygen atoms in total. The van der Waals surface area contributed by atoms with Crippen LogP contribution in [0.4, 0.5) is 13.2 Å². The molecule has 0 spiro atoms. The van der Waals surface area contributed by atoms with E-state index >= 15 is 0 Å². The molecule has 2 N–H and O–H groups in total. The van der Waals surface area contributed by atoms with E-state index in [0.29, 0.717) is 32.5 Å². The Hall–Kier alpha value is -0.820. The van der Waals surface area contributed by atoms with E-state index in [1.165, 1.54) is 0 Å². The Labute approximate surface area is 118 Å². The molecule has 20 heavy (non-hydrogen) atoms. The third kappa shape index (κ3) is 5.66. The van der Waals surface area contributed by atoms with Gasteiger partial charge >= 0.3 is 6.18 Å². The number of halogens is 3. The van der Waals surface area contributed by atoms with Gasteiger partial charge in [0, 0.05) is 26.2 Å². The number of carbonyl (C=O) groups excluding carboxylic acids is 1. The third-order valence-corrected chi connectivity index (χ3v) is 3.48. The van der Waals surface area contributed by atoms with Gasteiger partial charge in [-0.05, 0) is 25.8 Å². The SMILES string of the molecule is CCCN(CC(F)(F)F)C(=O)C1CCCN(CCN)C1. The van der Waals surface area contributed by atoms with Gasteiger partial charge in [-0.3, -0.25) is 4.79 Å². The first-order chi connectivity index (χ1) is 9.37. The van der Waals surface area contributed by atoms with E-state index in [-0.39, 0.29) is 18.4 Å². The molecule has 1 rings (SSSR count). The second-order valence-electron chi connectivity index (χ2n) is 5.30. The van der Waals surface area contributed by atoms with Crippen molar-refractivity contribution in [3.8, 4) is 0 Å². The Morgan fingerprint density at radius 2 is 2.15 bits per heavy atom. The number of alkyl halides is 3. The fourth-order valence-electron chi connectivity index (χ4n) is 2.65. The lowest BCUT2D eigenvalue weighted by Gasteiger charge is -2.35. The second kappa shape index (κ2) is 7.83. The van der Waals surface area contributed by atoms with E-state index in [1.54, 1.807) is 6.92 Å². The fourth-order valence-corrected chi connectivity index (χ4v) is 2.65. The van der Waals surface area contributed by atoms with Crippen LogP contribution < -0.4 is 5.73 Å². The predicted octanol–water partition coefficient (Wildman–Crippen LogP) is 1.46. The summed E-state index contributed by atoms with van der Waals surface area (Å²) in [5, 5.41) is 0. The average Bonchev–Trinajstić information content (AvgIpc) is 2.36. The molecule has 0 aromatic rings. The second-order valence-corrected chi connectivity index (χ2v) is 5.30. The lowest BCUT2D eigenvalue weighted by Crippen LogP contribution is -2.48. The molecule has 1 amide bonds. The summed E-state index contributed by atoms with van der Waals surface area (Å²) < 4.78 is 37.6. The molecule has 0 aromatic carbocycles. The topological polar surface area (TPSA) is 49.6 Å². The number of likely N-dealkylation sites (tertiary alicyclic amines) is 1. The molecule has 1 fully saturated rings. The first-order valence-electron chi connectivity index (χ1n) is 7.15. The van der Waals surface area contributed by atoms with E-state index < -0.39 is 12.7 Å². The molecule has 1 atom stereocenters. The molecule has 0 radical (unpaired) electrons. The van der Waals surface area contributed by atoms with Crippen LogP contribution in [0.3, 0.4) is 0 Å². The molecule has 0 bridgehead atoms. The van der Waals surface area contributed by atoms with Gasteiger partial charge in [0.05, 0.1) is 5.92 Å². The van der Waals surface area contributed by atoms with Crippen LogP contribution in [-0.2, 0) is 4.79 Å². The van der Waals surface area contributed by atoms with Gasteiger partial charge in [0.1, 0.15) is 6.54 Å². The zero-order chi connectivity index (χ0) is 15.2. The quantitative estimate of drug-likeness (QED) is 0.807. The van der Waals surface area contributed by atoms with Gasteiger partial charge in [-0.15, -0.1) is 0 Å². The zero-order valence-corrected chi connectivity index (χ0v) is 12.0. The molecule has 1 heterocycles. The first-order valence-corrected chi connectivity index (χ1v) is 7.15. The summed E-state index contributed by atoms with van der Waals surface area (Å²) in [7, 11) is 0. The summed E-state index contributed by atoms with van der Waals surface area (Å²) in [5.41, 5.74) is 5.49. The molecule has 0 aliphatic carbocycles. The van der Waals surface area contributed by atoms with E-state index in [2.05, 4.69) is 4.90 Å². The molecule has 7 heteroatoms. The molecule has 0 aromatic heterocycles. The highest BCUT2D eigenvalue weighted by Gasteiger charge is 2.36. The lowest BCUT2D eigenvalue weighted by atomic mass is 9.96. The predicted molar refractivity (Wildman–Crippen MR) is 71.1 cm³/mol. The maximum Gasteiger partial charge on any atom is 0.406 e. The normalized spacial score (nSPS) is 20.9. The van der Waals surface area contributed by atoms with Crippen LogP contribution in [0.2, 0.25) is 0 Å². The molecule has 0 saturated carbocycles. The number of hydrogen-bond donors (Lipinski definition) is 1. The summed E-state index contributed by atoms with van der Waals surface area (Å²) in [5.74, 6) is -0.699. The van der Waals surface area contributed by atoms with Gasteiger partial charge in [-0.1, -0.05) is 6.92 Å². The minimum Gasteiger partial charge on any atom is -0.333 e. The number of hydrogen-bond acceptors (Lipinski definition) is 3. The first kappa shape index (κ1) is 17.2. The van der Waals surface area contributed by atoms with E-state index in [1.807, 2.05) is 0 Å². The van der Waals surface area contributed by atoms with Crippen molar-refractivity contribution < 1.29 is 18.0 Å². The molecule has 1 aliphatic rings. The minimum absolute atomic E-state index is 0.158. The van der Waals surface area contributed by atoms with Crippen LogP contribution in [0.1, 0.15) is 26.2 Å². The minimum atomic E-state index is -4.34. The Balaban J connectivity index is 2.63.